The van der Waals surface area contributed by atoms with Gasteiger partial charge in [0.15, 0.2) is 0 Å². The van der Waals surface area contributed by atoms with Gasteiger partial charge in [-0.3, -0.25) is 0 Å². The van der Waals surface area contributed by atoms with Crippen molar-refractivity contribution < 1.29 is 14.3 Å². The highest BCUT2D eigenvalue weighted by atomic mass is 32.2. The van der Waals surface area contributed by atoms with Crippen LogP contribution in [0, 0.1) is 13.8 Å². The number of aryl methyl sites for hydroxylation is 2. The summed E-state index contributed by atoms with van der Waals surface area (Å²) in [6.07, 6.45) is 5.86. The molecule has 138 valence electrons. The summed E-state index contributed by atoms with van der Waals surface area (Å²) in [4.78, 5) is 5.91. The van der Waals surface area contributed by atoms with E-state index >= 15 is 0 Å². The number of nitrogens with zero attached hydrogens (tertiary/aromatic N) is 1. The molecule has 0 aromatic heterocycles. The molecule has 0 saturated heterocycles. The molecule has 5 heteroatoms. The van der Waals surface area contributed by atoms with E-state index in [0.29, 0.717) is 0 Å². The smallest absolute Gasteiger partial charge is 0.230 e. The first-order chi connectivity index (χ1) is 12.6. The summed E-state index contributed by atoms with van der Waals surface area (Å²) in [5.41, 5.74) is 3.17. The second-order valence-corrected chi connectivity index (χ2v) is 6.75. The summed E-state index contributed by atoms with van der Waals surface area (Å²) in [5.74, 6) is 2.60. The van der Waals surface area contributed by atoms with Crippen LogP contribution in [0.15, 0.2) is 58.6 Å². The molecule has 0 unspecified atom stereocenters. The SMILES string of the molecule is C/C=C/CSc1cc(C)c(OCOc2ccc(/C=N/OC)cc2)c(C)c1. The Kier molecular flexibility index (Phi) is 8.09. The van der Waals surface area contributed by atoms with Crippen LogP contribution >= 0.6 is 11.8 Å². The van der Waals surface area contributed by atoms with E-state index in [1.807, 2.05) is 43.0 Å². The number of oxime groups is 1. The molecule has 0 atom stereocenters. The second-order valence-electron chi connectivity index (χ2n) is 5.66. The predicted molar refractivity (Wildman–Crippen MR) is 109 cm³/mol. The number of rotatable bonds is 9. The molecule has 0 bridgehead atoms. The molecular formula is C21H25NO3S. The molecule has 2 aromatic rings. The normalized spacial score (nSPS) is 11.2. The zero-order chi connectivity index (χ0) is 18.8. The molecule has 0 aliphatic carbocycles. The number of thioether (sulfide) groups is 1. The van der Waals surface area contributed by atoms with E-state index in [2.05, 4.69) is 48.1 Å². The van der Waals surface area contributed by atoms with E-state index in [-0.39, 0.29) is 6.79 Å². The van der Waals surface area contributed by atoms with Gasteiger partial charge in [-0.2, -0.15) is 0 Å². The lowest BCUT2D eigenvalue weighted by Gasteiger charge is -2.14. The minimum absolute atomic E-state index is 0.165. The van der Waals surface area contributed by atoms with Crippen LogP contribution in [0.2, 0.25) is 0 Å². The van der Waals surface area contributed by atoms with Crippen LogP contribution in [0.3, 0.4) is 0 Å². The van der Waals surface area contributed by atoms with Crippen LogP contribution in [-0.4, -0.2) is 25.9 Å². The van der Waals surface area contributed by atoms with Crippen molar-refractivity contribution in [3.63, 3.8) is 0 Å². The highest BCUT2D eigenvalue weighted by Crippen LogP contribution is 2.30. The summed E-state index contributed by atoms with van der Waals surface area (Å²) >= 11 is 1.82. The fourth-order valence-electron chi connectivity index (χ4n) is 2.38. The average Bonchev–Trinajstić information content (AvgIpc) is 2.63. The van der Waals surface area contributed by atoms with Crippen molar-refractivity contribution in [2.24, 2.45) is 5.16 Å². The summed E-state index contributed by atoms with van der Waals surface area (Å²) < 4.78 is 11.5. The van der Waals surface area contributed by atoms with E-state index in [1.165, 1.54) is 12.0 Å². The molecule has 0 aliphatic heterocycles. The maximum atomic E-state index is 5.86. The summed E-state index contributed by atoms with van der Waals surface area (Å²) in [5, 5.41) is 3.73. The fourth-order valence-corrected chi connectivity index (χ4v) is 3.38. The highest BCUT2D eigenvalue weighted by molar-refractivity contribution is 7.99. The van der Waals surface area contributed by atoms with Crippen molar-refractivity contribution in [3.05, 3.63) is 65.2 Å². The van der Waals surface area contributed by atoms with Gasteiger partial charge in [-0.15, -0.1) is 11.8 Å². The Bertz CT molecular complexity index is 731. The lowest BCUT2D eigenvalue weighted by molar-refractivity contribution is 0.118. The van der Waals surface area contributed by atoms with E-state index in [0.717, 1.165) is 33.9 Å². The van der Waals surface area contributed by atoms with Crippen molar-refractivity contribution >= 4 is 18.0 Å². The summed E-state index contributed by atoms with van der Waals surface area (Å²) in [6, 6.07) is 11.9. The Balaban J connectivity index is 1.91. The first kappa shape index (κ1) is 19.9. The third-order valence-electron chi connectivity index (χ3n) is 3.63. The number of allylic oxidation sites excluding steroid dienone is 1. The van der Waals surface area contributed by atoms with Crippen LogP contribution < -0.4 is 9.47 Å². The number of hydrogen-bond donors (Lipinski definition) is 0. The highest BCUT2D eigenvalue weighted by Gasteiger charge is 2.07. The lowest BCUT2D eigenvalue weighted by Crippen LogP contribution is -2.07. The number of ether oxygens (including phenoxy) is 2. The van der Waals surface area contributed by atoms with Gasteiger partial charge >= 0.3 is 0 Å². The van der Waals surface area contributed by atoms with Crippen molar-refractivity contribution in [2.75, 3.05) is 19.7 Å². The predicted octanol–water partition coefficient (Wildman–Crippen LogP) is 5.37. The summed E-state index contributed by atoms with van der Waals surface area (Å²) in [6.45, 7) is 6.32. The summed E-state index contributed by atoms with van der Waals surface area (Å²) in [7, 11) is 1.52. The Labute approximate surface area is 159 Å². The number of hydrogen-bond acceptors (Lipinski definition) is 5. The Hall–Kier alpha value is -2.40. The van der Waals surface area contributed by atoms with E-state index < -0.39 is 0 Å². The third-order valence-corrected chi connectivity index (χ3v) is 4.56. The minimum atomic E-state index is 0.165. The van der Waals surface area contributed by atoms with E-state index in [4.69, 9.17) is 9.47 Å². The molecule has 2 aromatic carbocycles. The third kappa shape index (κ3) is 6.15. The Morgan fingerprint density at radius 3 is 2.35 bits per heavy atom. The van der Waals surface area contributed by atoms with Crippen molar-refractivity contribution in [1.82, 2.24) is 0 Å². The zero-order valence-corrected chi connectivity index (χ0v) is 16.5. The van der Waals surface area contributed by atoms with Gasteiger partial charge in [0.25, 0.3) is 0 Å². The molecule has 0 amide bonds. The quantitative estimate of drug-likeness (QED) is 0.195. The Morgan fingerprint density at radius 1 is 1.04 bits per heavy atom. The van der Waals surface area contributed by atoms with Gasteiger partial charge in [0.1, 0.15) is 18.6 Å². The molecule has 0 saturated carbocycles. The van der Waals surface area contributed by atoms with Gasteiger partial charge in [0, 0.05) is 10.6 Å². The van der Waals surface area contributed by atoms with Gasteiger partial charge in [-0.1, -0.05) is 17.3 Å². The lowest BCUT2D eigenvalue weighted by atomic mass is 10.1. The van der Waals surface area contributed by atoms with Gasteiger partial charge in [0.05, 0.1) is 6.21 Å². The molecular weight excluding hydrogens is 346 g/mol. The van der Waals surface area contributed by atoms with E-state index in [9.17, 15) is 0 Å². The van der Waals surface area contributed by atoms with Crippen molar-refractivity contribution in [3.8, 4) is 11.5 Å². The zero-order valence-electron chi connectivity index (χ0n) is 15.7. The van der Waals surface area contributed by atoms with Crippen LogP contribution in [0.5, 0.6) is 11.5 Å². The van der Waals surface area contributed by atoms with Gasteiger partial charge in [0.2, 0.25) is 6.79 Å². The molecule has 0 aliphatic rings. The Morgan fingerprint density at radius 2 is 1.73 bits per heavy atom. The maximum absolute atomic E-state index is 5.86. The van der Waals surface area contributed by atoms with Crippen LogP contribution in [0.4, 0.5) is 0 Å². The van der Waals surface area contributed by atoms with Crippen LogP contribution in [0.1, 0.15) is 23.6 Å². The van der Waals surface area contributed by atoms with Crippen molar-refractivity contribution in [2.45, 2.75) is 25.7 Å². The molecule has 0 spiro atoms. The van der Waals surface area contributed by atoms with Gasteiger partial charge in [-0.05, 0) is 73.9 Å². The standard InChI is InChI=1S/C21H25NO3S/c1-5-6-11-26-20-12-16(2)21(17(3)13-20)25-15-24-19-9-7-18(8-10-19)14-22-23-4/h5-10,12-14H,11,15H2,1-4H3/b6-5+,22-14+. The first-order valence-corrected chi connectivity index (χ1v) is 9.40. The molecule has 0 N–H and O–H groups in total. The largest absolute Gasteiger partial charge is 0.458 e. The monoisotopic (exact) mass is 371 g/mol. The minimum Gasteiger partial charge on any atom is -0.458 e. The topological polar surface area (TPSA) is 40.0 Å². The molecule has 0 radical (unpaired) electrons. The second kappa shape index (κ2) is 10.6. The van der Waals surface area contributed by atoms with Crippen molar-refractivity contribution in [1.29, 1.82) is 0 Å². The van der Waals surface area contributed by atoms with E-state index in [1.54, 1.807) is 6.21 Å². The molecule has 4 nitrogen and oxygen atoms in total. The molecule has 2 rings (SSSR count). The number of benzene rings is 2. The first-order valence-electron chi connectivity index (χ1n) is 8.41. The average molecular weight is 372 g/mol. The molecule has 0 fully saturated rings. The van der Waals surface area contributed by atoms with Gasteiger partial charge in [-0.25, -0.2) is 0 Å². The fraction of sp³-hybridized carbons (Fsp3) is 0.286. The molecule has 26 heavy (non-hydrogen) atoms. The van der Waals surface area contributed by atoms with Crippen LogP contribution in [-0.2, 0) is 4.84 Å². The maximum Gasteiger partial charge on any atom is 0.230 e. The van der Waals surface area contributed by atoms with Gasteiger partial charge < -0.3 is 14.3 Å². The molecule has 0 heterocycles. The van der Waals surface area contributed by atoms with Crippen LogP contribution in [0.25, 0.3) is 0 Å².